The van der Waals surface area contributed by atoms with Crippen LogP contribution in [0.1, 0.15) is 0 Å². The Morgan fingerprint density at radius 1 is 1.03 bits per heavy atom. The lowest BCUT2D eigenvalue weighted by atomic mass is 10.1. The molecule has 0 atom stereocenters. The molecule has 6 nitrogen and oxygen atoms in total. The van der Waals surface area contributed by atoms with Gasteiger partial charge < -0.3 is 9.88 Å². The summed E-state index contributed by atoms with van der Waals surface area (Å²) >= 11 is 0. The topological polar surface area (TPSA) is 68.9 Å². The van der Waals surface area contributed by atoms with Gasteiger partial charge in [0, 0.05) is 30.6 Å². The molecule has 1 N–H and O–H groups in total. The molecule has 0 aliphatic rings. The maximum atomic E-state index is 13.3. The number of halogens is 3. The Hall–Kier alpha value is -3.88. The molecule has 0 saturated carbocycles. The Kier molecular flexibility index (Phi) is 4.86. The molecule has 30 heavy (non-hydrogen) atoms. The third kappa shape index (κ3) is 3.69. The van der Waals surface area contributed by atoms with Crippen LogP contribution in [0.4, 0.5) is 18.9 Å². The molecule has 0 aliphatic carbocycles. The Balaban J connectivity index is 1.65. The van der Waals surface area contributed by atoms with Crippen molar-refractivity contribution >= 4 is 22.6 Å². The minimum absolute atomic E-state index is 0.0583. The van der Waals surface area contributed by atoms with Gasteiger partial charge in [0.1, 0.15) is 35.0 Å². The number of nitrogens with one attached hydrogen (secondary N) is 1. The molecule has 4 rings (SSSR count). The Bertz CT molecular complexity index is 1310. The number of hydrogen-bond acceptors (Lipinski definition) is 3. The van der Waals surface area contributed by atoms with Crippen molar-refractivity contribution in [1.29, 1.82) is 0 Å². The first-order valence-corrected chi connectivity index (χ1v) is 8.88. The highest BCUT2D eigenvalue weighted by Crippen LogP contribution is 2.27. The smallest absolute Gasteiger partial charge is 0.278 e. The van der Waals surface area contributed by atoms with Crippen LogP contribution in [0.3, 0.4) is 0 Å². The molecule has 0 bridgehead atoms. The van der Waals surface area contributed by atoms with Crippen LogP contribution in [-0.4, -0.2) is 20.0 Å². The van der Waals surface area contributed by atoms with Gasteiger partial charge in [-0.3, -0.25) is 14.2 Å². The minimum atomic E-state index is -0.831. The van der Waals surface area contributed by atoms with E-state index >= 15 is 0 Å². The Labute approximate surface area is 168 Å². The second-order valence-electron chi connectivity index (χ2n) is 6.74. The van der Waals surface area contributed by atoms with E-state index < -0.39 is 29.6 Å². The van der Waals surface area contributed by atoms with Crippen LogP contribution in [0.2, 0.25) is 0 Å². The van der Waals surface area contributed by atoms with E-state index in [4.69, 9.17) is 0 Å². The van der Waals surface area contributed by atoms with Gasteiger partial charge in [-0.1, -0.05) is 12.1 Å². The summed E-state index contributed by atoms with van der Waals surface area (Å²) in [5.41, 5.74) is 1.50. The number of anilines is 1. The summed E-state index contributed by atoms with van der Waals surface area (Å²) in [6.45, 7) is -0.392. The zero-order valence-corrected chi connectivity index (χ0v) is 15.7. The van der Waals surface area contributed by atoms with Crippen molar-refractivity contribution in [2.24, 2.45) is 7.05 Å². The van der Waals surface area contributed by atoms with E-state index in [0.717, 1.165) is 16.7 Å². The third-order valence-electron chi connectivity index (χ3n) is 4.56. The van der Waals surface area contributed by atoms with E-state index in [1.807, 2.05) is 0 Å². The molecule has 0 fully saturated rings. The second-order valence-corrected chi connectivity index (χ2v) is 6.74. The van der Waals surface area contributed by atoms with Crippen molar-refractivity contribution in [1.82, 2.24) is 14.1 Å². The average Bonchev–Trinajstić information content (AvgIpc) is 3.01. The fourth-order valence-corrected chi connectivity index (χ4v) is 3.25. The van der Waals surface area contributed by atoms with E-state index in [-0.39, 0.29) is 17.0 Å². The van der Waals surface area contributed by atoms with Gasteiger partial charge in [-0.2, -0.15) is 0 Å². The van der Waals surface area contributed by atoms with Crippen LogP contribution in [-0.2, 0) is 18.4 Å². The van der Waals surface area contributed by atoms with Gasteiger partial charge in [0.15, 0.2) is 0 Å². The Morgan fingerprint density at radius 2 is 1.70 bits per heavy atom. The maximum Gasteiger partial charge on any atom is 0.278 e. The number of fused-ring (bicyclic) bond motifs is 1. The monoisotopic (exact) mass is 412 g/mol. The predicted octanol–water partition coefficient (Wildman–Crippen LogP) is 3.46. The predicted molar refractivity (Wildman–Crippen MR) is 105 cm³/mol. The first-order valence-electron chi connectivity index (χ1n) is 8.88. The number of carbonyl (C=O) groups excluding carboxylic acids is 1. The van der Waals surface area contributed by atoms with Gasteiger partial charge in [-0.05, 0) is 29.8 Å². The fraction of sp³-hybridized carbons (Fsp3) is 0.0952. The number of carbonyl (C=O) groups is 1. The normalized spacial score (nSPS) is 11.1. The maximum absolute atomic E-state index is 13.3. The minimum Gasteiger partial charge on any atom is -0.344 e. The van der Waals surface area contributed by atoms with Crippen LogP contribution >= 0.6 is 0 Å². The lowest BCUT2D eigenvalue weighted by Crippen LogP contribution is -2.28. The van der Waals surface area contributed by atoms with E-state index in [1.54, 1.807) is 29.9 Å². The van der Waals surface area contributed by atoms with Crippen LogP contribution in [0.25, 0.3) is 22.2 Å². The van der Waals surface area contributed by atoms with Gasteiger partial charge in [-0.15, -0.1) is 0 Å². The van der Waals surface area contributed by atoms with Crippen molar-refractivity contribution in [2.75, 3.05) is 5.32 Å². The van der Waals surface area contributed by atoms with Gasteiger partial charge in [0.2, 0.25) is 5.91 Å². The molecule has 152 valence electrons. The van der Waals surface area contributed by atoms with Gasteiger partial charge in [0.05, 0.1) is 6.33 Å². The summed E-state index contributed by atoms with van der Waals surface area (Å²) in [7, 11) is 1.67. The van der Waals surface area contributed by atoms with Crippen LogP contribution in [0, 0.1) is 17.5 Å². The van der Waals surface area contributed by atoms with Crippen molar-refractivity contribution < 1.29 is 18.0 Å². The van der Waals surface area contributed by atoms with Gasteiger partial charge >= 0.3 is 0 Å². The molecule has 9 heteroatoms. The zero-order chi connectivity index (χ0) is 21.4. The van der Waals surface area contributed by atoms with Crippen molar-refractivity contribution in [3.63, 3.8) is 0 Å². The first-order chi connectivity index (χ1) is 14.3. The van der Waals surface area contributed by atoms with Crippen molar-refractivity contribution in [3.8, 4) is 11.1 Å². The number of hydrogen-bond donors (Lipinski definition) is 1. The largest absolute Gasteiger partial charge is 0.344 e. The van der Waals surface area contributed by atoms with Crippen molar-refractivity contribution in [3.05, 3.63) is 82.8 Å². The molecule has 0 radical (unpaired) electrons. The van der Waals surface area contributed by atoms with Crippen LogP contribution < -0.4 is 10.9 Å². The fourth-order valence-electron chi connectivity index (χ4n) is 3.25. The lowest BCUT2D eigenvalue weighted by molar-refractivity contribution is -0.116. The number of benzene rings is 2. The second kappa shape index (κ2) is 7.51. The molecule has 0 spiro atoms. The third-order valence-corrected chi connectivity index (χ3v) is 4.56. The first kappa shape index (κ1) is 19.4. The molecular formula is C21H15F3N4O2. The van der Waals surface area contributed by atoms with E-state index in [9.17, 15) is 22.8 Å². The van der Waals surface area contributed by atoms with Crippen LogP contribution in [0.5, 0.6) is 0 Å². The number of aromatic nitrogens is 3. The number of rotatable bonds is 4. The van der Waals surface area contributed by atoms with Crippen molar-refractivity contribution in [2.45, 2.75) is 6.54 Å². The lowest BCUT2D eigenvalue weighted by Gasteiger charge is -2.08. The molecule has 0 saturated heterocycles. The van der Waals surface area contributed by atoms with Crippen LogP contribution in [0.15, 0.2) is 59.8 Å². The summed E-state index contributed by atoms with van der Waals surface area (Å²) in [6, 6.07) is 8.43. The molecule has 0 unspecified atom stereocenters. The zero-order valence-electron chi connectivity index (χ0n) is 15.7. The Morgan fingerprint density at radius 3 is 2.37 bits per heavy atom. The highest BCUT2D eigenvalue weighted by molar-refractivity contribution is 5.93. The number of amides is 1. The SMILES string of the molecule is Cn1cc(-c2ccc(F)cc2)c2ncn(CC(=O)Nc3cc(F)cc(F)c3)c(=O)c21. The number of aryl methyl sites for hydroxylation is 1. The summed E-state index contributed by atoms with van der Waals surface area (Å²) in [5, 5.41) is 2.35. The molecule has 4 aromatic rings. The highest BCUT2D eigenvalue weighted by Gasteiger charge is 2.16. The molecular weight excluding hydrogens is 397 g/mol. The van der Waals surface area contributed by atoms with E-state index in [1.165, 1.54) is 18.5 Å². The summed E-state index contributed by atoms with van der Waals surface area (Å²) in [5.74, 6) is -2.68. The molecule has 1 amide bonds. The molecule has 2 aromatic heterocycles. The highest BCUT2D eigenvalue weighted by atomic mass is 19.1. The standard InChI is InChI=1S/C21H15F3N4O2/c1-27-9-17(12-2-4-13(22)5-3-12)19-20(27)21(30)28(11-25-19)10-18(29)26-16-7-14(23)6-15(24)8-16/h2-9,11H,10H2,1H3,(H,26,29). The van der Waals surface area contributed by atoms with E-state index in [0.29, 0.717) is 22.7 Å². The summed E-state index contributed by atoms with van der Waals surface area (Å²) in [4.78, 5) is 29.4. The quantitative estimate of drug-likeness (QED) is 0.558. The summed E-state index contributed by atoms with van der Waals surface area (Å²) < 4.78 is 42.4. The van der Waals surface area contributed by atoms with E-state index in [2.05, 4.69) is 10.3 Å². The van der Waals surface area contributed by atoms with Gasteiger partial charge in [-0.25, -0.2) is 18.2 Å². The average molecular weight is 412 g/mol. The molecule has 2 aromatic carbocycles. The molecule has 2 heterocycles. The molecule has 0 aliphatic heterocycles. The van der Waals surface area contributed by atoms with Gasteiger partial charge in [0.25, 0.3) is 5.56 Å². The number of nitrogens with zero attached hydrogens (tertiary/aromatic N) is 3. The summed E-state index contributed by atoms with van der Waals surface area (Å²) in [6.07, 6.45) is 2.93.